The highest BCUT2D eigenvalue weighted by Gasteiger charge is 2.47. The minimum atomic E-state index is -1.30. The molecular formula is C21H32Cl2N2O2. The van der Waals surface area contributed by atoms with E-state index < -0.39 is 5.60 Å². The second-order valence-electron chi connectivity index (χ2n) is 8.08. The summed E-state index contributed by atoms with van der Waals surface area (Å²) in [5.41, 5.74) is -0.525. The lowest BCUT2D eigenvalue weighted by Crippen LogP contribution is -2.55. The van der Waals surface area contributed by atoms with Crippen molar-refractivity contribution in [3.63, 3.8) is 0 Å². The highest BCUT2D eigenvalue weighted by atomic mass is 35.5. The van der Waals surface area contributed by atoms with Crippen LogP contribution in [0, 0.1) is 5.92 Å². The summed E-state index contributed by atoms with van der Waals surface area (Å²) >= 11 is 0. The highest BCUT2D eigenvalue weighted by molar-refractivity contribution is 5.90. The number of nitrogens with zero attached hydrogens (tertiary/aromatic N) is 2. The van der Waals surface area contributed by atoms with Crippen molar-refractivity contribution in [1.82, 2.24) is 9.80 Å². The van der Waals surface area contributed by atoms with Gasteiger partial charge >= 0.3 is 0 Å². The summed E-state index contributed by atoms with van der Waals surface area (Å²) in [5, 5.41) is 11.4. The van der Waals surface area contributed by atoms with E-state index in [1.807, 2.05) is 30.3 Å². The number of aliphatic hydroxyl groups is 1. The van der Waals surface area contributed by atoms with Gasteiger partial charge in [-0.2, -0.15) is 0 Å². The second kappa shape index (κ2) is 9.71. The molecule has 3 aliphatic rings. The molecular weight excluding hydrogens is 383 g/mol. The van der Waals surface area contributed by atoms with E-state index in [0.717, 1.165) is 57.0 Å². The monoisotopic (exact) mass is 414 g/mol. The number of carbonyl (C=O) groups excluding carboxylic acids is 1. The zero-order valence-corrected chi connectivity index (χ0v) is 17.5. The van der Waals surface area contributed by atoms with Crippen molar-refractivity contribution >= 4 is 30.6 Å². The first-order valence-corrected chi connectivity index (χ1v) is 9.95. The predicted molar refractivity (Wildman–Crippen MR) is 113 cm³/mol. The fourth-order valence-corrected chi connectivity index (χ4v) is 4.50. The van der Waals surface area contributed by atoms with Gasteiger partial charge in [-0.1, -0.05) is 43.2 Å². The summed E-state index contributed by atoms with van der Waals surface area (Å²) in [6, 6.07) is 10.4. The third-order valence-corrected chi connectivity index (χ3v) is 6.70. The number of piperazine rings is 1. The molecule has 0 amide bonds. The minimum Gasteiger partial charge on any atom is -0.377 e. The smallest absolute Gasteiger partial charge is 0.183 e. The van der Waals surface area contributed by atoms with E-state index >= 15 is 0 Å². The Bertz CT molecular complexity index is 599. The van der Waals surface area contributed by atoms with E-state index in [4.69, 9.17) is 0 Å². The molecule has 152 valence electrons. The summed E-state index contributed by atoms with van der Waals surface area (Å²) in [7, 11) is 0. The average molecular weight is 415 g/mol. The highest BCUT2D eigenvalue weighted by Crippen LogP contribution is 2.43. The SMILES string of the molecule is Cl.Cl.O=C(CN1CCN(C2CCC2)CC1)C(O)(c1ccccc1)C1CCC1. The molecule has 1 heterocycles. The van der Waals surface area contributed by atoms with Crippen LogP contribution < -0.4 is 0 Å². The van der Waals surface area contributed by atoms with E-state index in [1.165, 1.54) is 19.3 Å². The normalized spacial score (nSPS) is 23.9. The molecule has 1 atom stereocenters. The summed E-state index contributed by atoms with van der Waals surface area (Å²) in [6.07, 6.45) is 7.07. The molecule has 1 aliphatic heterocycles. The Morgan fingerprint density at radius 2 is 1.56 bits per heavy atom. The molecule has 2 aliphatic carbocycles. The van der Waals surface area contributed by atoms with Crippen LogP contribution in [0.2, 0.25) is 0 Å². The second-order valence-corrected chi connectivity index (χ2v) is 8.08. The molecule has 3 fully saturated rings. The molecule has 1 N–H and O–H groups in total. The zero-order valence-electron chi connectivity index (χ0n) is 15.9. The molecule has 27 heavy (non-hydrogen) atoms. The van der Waals surface area contributed by atoms with Gasteiger partial charge in [0.2, 0.25) is 0 Å². The number of hydrogen-bond acceptors (Lipinski definition) is 4. The lowest BCUT2D eigenvalue weighted by atomic mass is 9.67. The standard InChI is InChI=1S/C21H30N2O2.2ClH/c24-20(16-22-12-14-23(15-13-22)19-10-5-11-19)21(25,18-8-4-9-18)17-6-2-1-3-7-17;;/h1-3,6-7,18-19,25H,4-5,8-16H2;2*1H. The van der Waals surface area contributed by atoms with Crippen LogP contribution in [-0.2, 0) is 10.4 Å². The van der Waals surface area contributed by atoms with Gasteiger partial charge in [-0.05, 0) is 37.2 Å². The van der Waals surface area contributed by atoms with Gasteiger partial charge in [-0.25, -0.2) is 0 Å². The lowest BCUT2D eigenvalue weighted by Gasteiger charge is -2.44. The Hall–Kier alpha value is -0.650. The van der Waals surface area contributed by atoms with Crippen LogP contribution in [-0.4, -0.2) is 59.5 Å². The fraction of sp³-hybridized carbons (Fsp3) is 0.667. The molecule has 1 saturated heterocycles. The Kier molecular flexibility index (Phi) is 8.14. The molecule has 0 spiro atoms. The molecule has 0 bridgehead atoms. The third-order valence-electron chi connectivity index (χ3n) is 6.70. The first kappa shape index (κ1) is 22.6. The molecule has 0 aromatic heterocycles. The quantitative estimate of drug-likeness (QED) is 0.775. The largest absolute Gasteiger partial charge is 0.377 e. The Balaban J connectivity index is 0.00000131. The fourth-order valence-electron chi connectivity index (χ4n) is 4.50. The van der Waals surface area contributed by atoms with Crippen molar-refractivity contribution in [1.29, 1.82) is 0 Å². The van der Waals surface area contributed by atoms with Crippen LogP contribution in [0.5, 0.6) is 0 Å². The first-order valence-electron chi connectivity index (χ1n) is 9.95. The molecule has 4 rings (SSSR count). The van der Waals surface area contributed by atoms with Crippen LogP contribution >= 0.6 is 24.8 Å². The van der Waals surface area contributed by atoms with Crippen LogP contribution in [0.4, 0.5) is 0 Å². The Morgan fingerprint density at radius 1 is 0.963 bits per heavy atom. The number of halogens is 2. The maximum Gasteiger partial charge on any atom is 0.183 e. The van der Waals surface area contributed by atoms with E-state index in [0.29, 0.717) is 6.54 Å². The Morgan fingerprint density at radius 3 is 2.04 bits per heavy atom. The van der Waals surface area contributed by atoms with Crippen molar-refractivity contribution in [3.8, 4) is 0 Å². The zero-order chi connectivity index (χ0) is 17.3. The van der Waals surface area contributed by atoms with Crippen molar-refractivity contribution in [2.75, 3.05) is 32.7 Å². The average Bonchev–Trinajstić information content (AvgIpc) is 2.54. The van der Waals surface area contributed by atoms with Crippen molar-refractivity contribution in [2.45, 2.75) is 50.2 Å². The van der Waals surface area contributed by atoms with Gasteiger partial charge in [0.1, 0.15) is 0 Å². The topological polar surface area (TPSA) is 43.8 Å². The van der Waals surface area contributed by atoms with E-state index in [2.05, 4.69) is 9.80 Å². The van der Waals surface area contributed by atoms with Crippen LogP contribution in [0.1, 0.15) is 44.1 Å². The van der Waals surface area contributed by atoms with E-state index in [-0.39, 0.29) is 36.5 Å². The van der Waals surface area contributed by atoms with Gasteiger partial charge in [-0.3, -0.25) is 14.6 Å². The molecule has 4 nitrogen and oxygen atoms in total. The van der Waals surface area contributed by atoms with Gasteiger partial charge in [0.15, 0.2) is 11.4 Å². The predicted octanol–water partition coefficient (Wildman–Crippen LogP) is 3.26. The van der Waals surface area contributed by atoms with Crippen LogP contribution in [0.25, 0.3) is 0 Å². The molecule has 1 aromatic rings. The molecule has 0 radical (unpaired) electrons. The summed E-state index contributed by atoms with van der Waals surface area (Å²) < 4.78 is 0. The number of Topliss-reactive ketones (excluding diaryl/α,β-unsaturated/α-hetero) is 1. The number of rotatable bonds is 6. The number of ketones is 1. The van der Waals surface area contributed by atoms with Gasteiger partial charge in [-0.15, -0.1) is 24.8 Å². The maximum atomic E-state index is 13.1. The van der Waals surface area contributed by atoms with Gasteiger partial charge in [0.25, 0.3) is 0 Å². The summed E-state index contributed by atoms with van der Waals surface area (Å²) in [6.45, 7) is 4.38. The maximum absolute atomic E-state index is 13.1. The molecule has 1 unspecified atom stereocenters. The third kappa shape index (κ3) is 4.51. The van der Waals surface area contributed by atoms with Crippen molar-refractivity contribution in [3.05, 3.63) is 35.9 Å². The van der Waals surface area contributed by atoms with Crippen molar-refractivity contribution < 1.29 is 9.90 Å². The number of benzene rings is 1. The van der Waals surface area contributed by atoms with E-state index in [1.54, 1.807) is 0 Å². The van der Waals surface area contributed by atoms with Gasteiger partial charge in [0.05, 0.1) is 6.54 Å². The summed E-state index contributed by atoms with van der Waals surface area (Å²) in [4.78, 5) is 18.0. The molecule has 1 aromatic carbocycles. The molecule has 6 heteroatoms. The summed E-state index contributed by atoms with van der Waals surface area (Å²) in [5.74, 6) is 0.0687. The van der Waals surface area contributed by atoms with E-state index in [9.17, 15) is 9.90 Å². The minimum absolute atomic E-state index is 0. The van der Waals surface area contributed by atoms with Gasteiger partial charge < -0.3 is 5.11 Å². The number of carbonyl (C=O) groups is 1. The number of hydrogen-bond donors (Lipinski definition) is 1. The van der Waals surface area contributed by atoms with Crippen LogP contribution in [0.15, 0.2) is 30.3 Å². The van der Waals surface area contributed by atoms with Crippen molar-refractivity contribution in [2.24, 2.45) is 5.92 Å². The Labute approximate surface area is 175 Å². The van der Waals surface area contributed by atoms with Crippen LogP contribution in [0.3, 0.4) is 0 Å². The van der Waals surface area contributed by atoms with Gasteiger partial charge in [0, 0.05) is 32.2 Å². The first-order chi connectivity index (χ1) is 12.2. The molecule has 2 saturated carbocycles. The lowest BCUT2D eigenvalue weighted by molar-refractivity contribution is -0.151.